The first-order valence-corrected chi connectivity index (χ1v) is 9.95. The van der Waals surface area contributed by atoms with Crippen LogP contribution in [0.2, 0.25) is 5.02 Å². The average Bonchev–Trinajstić information content (AvgIpc) is 2.60. The number of carbonyl (C=O) groups is 1. The van der Waals surface area contributed by atoms with E-state index < -0.39 is 15.9 Å². The summed E-state index contributed by atoms with van der Waals surface area (Å²) in [5.41, 5.74) is 1.27. The molecule has 1 aromatic heterocycles. The van der Waals surface area contributed by atoms with Gasteiger partial charge in [-0.2, -0.15) is 0 Å². The molecule has 0 unspecified atom stereocenters. The van der Waals surface area contributed by atoms with Crippen molar-refractivity contribution in [3.8, 4) is 0 Å². The summed E-state index contributed by atoms with van der Waals surface area (Å²) in [6.45, 7) is -0.389. The molecule has 0 radical (unpaired) electrons. The average molecular weight is 390 g/mol. The lowest BCUT2D eigenvalue weighted by atomic mass is 10.2. The van der Waals surface area contributed by atoms with E-state index in [0.717, 1.165) is 15.9 Å². The van der Waals surface area contributed by atoms with Gasteiger partial charge >= 0.3 is 0 Å². The van der Waals surface area contributed by atoms with Crippen LogP contribution in [0.3, 0.4) is 0 Å². The lowest BCUT2D eigenvalue weighted by molar-refractivity contribution is -0.114. The summed E-state index contributed by atoms with van der Waals surface area (Å²) in [5, 5.41) is 3.79. The zero-order valence-electron chi connectivity index (χ0n) is 13.9. The normalized spacial score (nSPS) is 11.3. The highest BCUT2D eigenvalue weighted by atomic mass is 35.5. The molecule has 0 spiro atoms. The maximum Gasteiger partial charge on any atom is 0.245 e. The Morgan fingerprint density at radius 3 is 2.58 bits per heavy atom. The van der Waals surface area contributed by atoms with Crippen molar-refractivity contribution >= 4 is 49.8 Å². The van der Waals surface area contributed by atoms with Gasteiger partial charge in [0.25, 0.3) is 0 Å². The van der Waals surface area contributed by atoms with E-state index >= 15 is 0 Å². The lowest BCUT2D eigenvalue weighted by Crippen LogP contribution is -2.37. The van der Waals surface area contributed by atoms with Crippen molar-refractivity contribution in [2.75, 3.05) is 22.4 Å². The van der Waals surface area contributed by atoms with E-state index in [0.29, 0.717) is 21.9 Å². The molecule has 0 aliphatic carbocycles. The molecule has 6 nitrogen and oxygen atoms in total. The molecule has 1 amide bonds. The van der Waals surface area contributed by atoms with Gasteiger partial charge in [0, 0.05) is 11.6 Å². The summed E-state index contributed by atoms with van der Waals surface area (Å²) in [7, 11) is -3.71. The fourth-order valence-corrected chi connectivity index (χ4v) is 3.59. The number of sulfonamides is 1. The van der Waals surface area contributed by atoms with Gasteiger partial charge in [-0.1, -0.05) is 41.9 Å². The molecule has 26 heavy (non-hydrogen) atoms. The molecule has 0 fully saturated rings. The fourth-order valence-electron chi connectivity index (χ4n) is 2.55. The Morgan fingerprint density at radius 1 is 1.12 bits per heavy atom. The summed E-state index contributed by atoms with van der Waals surface area (Å²) in [6, 6.07) is 15.5. The number of pyridine rings is 1. The van der Waals surface area contributed by atoms with Crippen LogP contribution in [-0.2, 0) is 14.8 Å². The van der Waals surface area contributed by atoms with Crippen molar-refractivity contribution in [1.29, 1.82) is 0 Å². The smallest absolute Gasteiger partial charge is 0.245 e. The van der Waals surface area contributed by atoms with Crippen LogP contribution in [-0.4, -0.2) is 32.1 Å². The predicted octanol–water partition coefficient (Wildman–Crippen LogP) is 3.29. The molecule has 1 heterocycles. The first kappa shape index (κ1) is 18.2. The van der Waals surface area contributed by atoms with Crippen LogP contribution in [0.25, 0.3) is 10.9 Å². The van der Waals surface area contributed by atoms with Gasteiger partial charge in [0.2, 0.25) is 15.9 Å². The summed E-state index contributed by atoms with van der Waals surface area (Å²) < 4.78 is 25.7. The van der Waals surface area contributed by atoms with E-state index in [4.69, 9.17) is 11.6 Å². The highest BCUT2D eigenvalue weighted by Crippen LogP contribution is 2.27. The number of aromatic nitrogens is 1. The van der Waals surface area contributed by atoms with Crippen LogP contribution in [0.1, 0.15) is 0 Å². The molecule has 0 saturated carbocycles. The summed E-state index contributed by atoms with van der Waals surface area (Å²) in [5.74, 6) is -0.503. The molecule has 0 aliphatic heterocycles. The Labute approximate surface area is 156 Å². The number of halogens is 1. The molecule has 0 atom stereocenters. The quantitative estimate of drug-likeness (QED) is 0.726. The molecule has 0 saturated heterocycles. The van der Waals surface area contributed by atoms with Gasteiger partial charge in [-0.05, 0) is 24.3 Å². The van der Waals surface area contributed by atoms with E-state index in [9.17, 15) is 13.2 Å². The first-order chi connectivity index (χ1) is 12.4. The number of para-hydroxylation sites is 2. The summed E-state index contributed by atoms with van der Waals surface area (Å²) >= 11 is 6.03. The molecular weight excluding hydrogens is 374 g/mol. The second kappa shape index (κ2) is 7.31. The SMILES string of the molecule is CS(=O)(=O)N(CC(=O)Nc1ccccc1Cl)c1cccc2cccnc12. The van der Waals surface area contributed by atoms with Crippen LogP contribution in [0, 0.1) is 0 Å². The van der Waals surface area contributed by atoms with E-state index in [1.807, 2.05) is 12.1 Å². The highest BCUT2D eigenvalue weighted by molar-refractivity contribution is 7.92. The maximum absolute atomic E-state index is 12.4. The summed E-state index contributed by atoms with van der Waals surface area (Å²) in [6.07, 6.45) is 2.63. The van der Waals surface area contributed by atoms with Crippen LogP contribution >= 0.6 is 11.6 Å². The van der Waals surface area contributed by atoms with E-state index in [2.05, 4.69) is 10.3 Å². The monoisotopic (exact) mass is 389 g/mol. The first-order valence-electron chi connectivity index (χ1n) is 7.72. The summed E-state index contributed by atoms with van der Waals surface area (Å²) in [4.78, 5) is 16.7. The number of nitrogens with one attached hydrogen (secondary N) is 1. The molecule has 2 aromatic carbocycles. The molecule has 0 aliphatic rings. The number of rotatable bonds is 5. The Morgan fingerprint density at radius 2 is 1.85 bits per heavy atom. The van der Waals surface area contributed by atoms with Gasteiger partial charge in [-0.25, -0.2) is 8.42 Å². The Kier molecular flexibility index (Phi) is 5.11. The third kappa shape index (κ3) is 3.95. The molecule has 3 rings (SSSR count). The maximum atomic E-state index is 12.4. The number of fused-ring (bicyclic) bond motifs is 1. The largest absolute Gasteiger partial charge is 0.323 e. The fraction of sp³-hybridized carbons (Fsp3) is 0.111. The molecule has 3 aromatic rings. The lowest BCUT2D eigenvalue weighted by Gasteiger charge is -2.23. The molecule has 8 heteroatoms. The van der Waals surface area contributed by atoms with Crippen LogP contribution in [0.5, 0.6) is 0 Å². The van der Waals surface area contributed by atoms with Crippen molar-refractivity contribution in [2.24, 2.45) is 0 Å². The highest BCUT2D eigenvalue weighted by Gasteiger charge is 2.23. The molecule has 0 bridgehead atoms. The zero-order valence-corrected chi connectivity index (χ0v) is 15.5. The van der Waals surface area contributed by atoms with E-state index in [1.165, 1.54) is 0 Å². The number of hydrogen-bond donors (Lipinski definition) is 1. The van der Waals surface area contributed by atoms with Crippen molar-refractivity contribution < 1.29 is 13.2 Å². The molecule has 134 valence electrons. The minimum absolute atomic E-state index is 0.347. The number of anilines is 2. The van der Waals surface area contributed by atoms with Gasteiger partial charge in [0.15, 0.2) is 0 Å². The standard InChI is InChI=1S/C18H16ClN3O3S/c1-26(24,25)22(12-17(23)21-15-9-3-2-8-14(15)19)16-10-4-6-13-7-5-11-20-18(13)16/h2-11H,12H2,1H3,(H,21,23). The van der Waals surface area contributed by atoms with Gasteiger partial charge in [-0.15, -0.1) is 0 Å². The Balaban J connectivity index is 1.95. The number of nitrogens with zero attached hydrogens (tertiary/aromatic N) is 2. The number of hydrogen-bond acceptors (Lipinski definition) is 4. The topological polar surface area (TPSA) is 79.4 Å². The molecular formula is C18H16ClN3O3S. The minimum Gasteiger partial charge on any atom is -0.323 e. The zero-order chi connectivity index (χ0) is 18.7. The van der Waals surface area contributed by atoms with Crippen molar-refractivity contribution in [3.05, 3.63) is 65.8 Å². The van der Waals surface area contributed by atoms with Gasteiger partial charge < -0.3 is 5.32 Å². The van der Waals surface area contributed by atoms with Crippen LogP contribution in [0.15, 0.2) is 60.8 Å². The van der Waals surface area contributed by atoms with Gasteiger partial charge in [0.05, 0.1) is 28.2 Å². The van der Waals surface area contributed by atoms with Crippen molar-refractivity contribution in [2.45, 2.75) is 0 Å². The second-order valence-corrected chi connectivity index (χ2v) is 7.96. The van der Waals surface area contributed by atoms with Crippen molar-refractivity contribution in [3.63, 3.8) is 0 Å². The number of carbonyl (C=O) groups excluding carboxylic acids is 1. The Hall–Kier alpha value is -2.64. The van der Waals surface area contributed by atoms with Crippen molar-refractivity contribution in [1.82, 2.24) is 4.98 Å². The van der Waals surface area contributed by atoms with Gasteiger partial charge in [-0.3, -0.25) is 14.1 Å². The minimum atomic E-state index is -3.71. The van der Waals surface area contributed by atoms with Crippen LogP contribution < -0.4 is 9.62 Å². The Bertz CT molecular complexity index is 1060. The van der Waals surface area contributed by atoms with Crippen LogP contribution in [0.4, 0.5) is 11.4 Å². The van der Waals surface area contributed by atoms with E-state index in [-0.39, 0.29) is 6.54 Å². The third-order valence-corrected chi connectivity index (χ3v) is 5.17. The van der Waals surface area contributed by atoms with E-state index in [1.54, 1.807) is 48.7 Å². The second-order valence-electron chi connectivity index (χ2n) is 5.65. The predicted molar refractivity (Wildman–Crippen MR) is 104 cm³/mol. The third-order valence-electron chi connectivity index (χ3n) is 3.72. The number of benzene rings is 2. The van der Waals surface area contributed by atoms with Gasteiger partial charge in [0.1, 0.15) is 6.54 Å². The molecule has 1 N–H and O–H groups in total. The number of amides is 1.